The first-order valence-corrected chi connectivity index (χ1v) is 6.63. The van der Waals surface area contributed by atoms with Gasteiger partial charge in [0.2, 0.25) is 0 Å². The van der Waals surface area contributed by atoms with Crippen molar-refractivity contribution in [2.24, 2.45) is 4.99 Å². The van der Waals surface area contributed by atoms with Gasteiger partial charge in [0, 0.05) is 16.3 Å². The second kappa shape index (κ2) is 6.08. The van der Waals surface area contributed by atoms with E-state index in [4.69, 9.17) is 16.3 Å². The number of rotatable bonds is 3. The number of methoxy groups -OCH3 is 1. The summed E-state index contributed by atoms with van der Waals surface area (Å²) in [6.45, 7) is 0. The van der Waals surface area contributed by atoms with Crippen LogP contribution in [-0.4, -0.2) is 18.4 Å². The summed E-state index contributed by atoms with van der Waals surface area (Å²) in [5.74, 6) is 0.787. The van der Waals surface area contributed by atoms with Crippen molar-refractivity contribution in [3.05, 3.63) is 51.5 Å². The van der Waals surface area contributed by atoms with E-state index >= 15 is 0 Å². The van der Waals surface area contributed by atoms with Crippen LogP contribution < -0.4 is 4.74 Å². The van der Waals surface area contributed by atoms with Crippen LogP contribution >= 0.6 is 27.5 Å². The van der Waals surface area contributed by atoms with E-state index in [1.807, 2.05) is 24.3 Å². The number of aromatic hydroxyl groups is 1. The summed E-state index contributed by atoms with van der Waals surface area (Å²) in [5.41, 5.74) is 1.31. The Balaban J connectivity index is 2.27. The molecule has 5 heteroatoms. The molecule has 0 heterocycles. The summed E-state index contributed by atoms with van der Waals surface area (Å²) >= 11 is 9.20. The van der Waals surface area contributed by atoms with Gasteiger partial charge in [-0.05, 0) is 36.4 Å². The minimum atomic E-state index is 0.0159. The van der Waals surface area contributed by atoms with E-state index in [-0.39, 0.29) is 10.8 Å². The zero-order valence-electron chi connectivity index (χ0n) is 10.1. The smallest absolute Gasteiger partial charge is 0.143 e. The van der Waals surface area contributed by atoms with Crippen molar-refractivity contribution >= 4 is 39.4 Å². The SMILES string of the molecule is COc1ccc(N=Cc2cc(Br)cc(Cl)c2O)cc1. The highest BCUT2D eigenvalue weighted by Gasteiger charge is 2.05. The average Bonchev–Trinajstić information content (AvgIpc) is 2.41. The molecule has 3 nitrogen and oxygen atoms in total. The topological polar surface area (TPSA) is 41.8 Å². The first kappa shape index (κ1) is 13.9. The van der Waals surface area contributed by atoms with Gasteiger partial charge in [0.25, 0.3) is 0 Å². The van der Waals surface area contributed by atoms with Crippen LogP contribution in [0.4, 0.5) is 5.69 Å². The van der Waals surface area contributed by atoms with Gasteiger partial charge in [-0.3, -0.25) is 4.99 Å². The lowest BCUT2D eigenvalue weighted by Crippen LogP contribution is -1.84. The van der Waals surface area contributed by atoms with E-state index in [2.05, 4.69) is 20.9 Å². The largest absolute Gasteiger partial charge is 0.506 e. The summed E-state index contributed by atoms with van der Waals surface area (Å²) in [6, 6.07) is 10.7. The van der Waals surface area contributed by atoms with Crippen molar-refractivity contribution in [3.63, 3.8) is 0 Å². The third-order valence-electron chi connectivity index (χ3n) is 2.48. The van der Waals surface area contributed by atoms with E-state index < -0.39 is 0 Å². The number of hydrogen-bond donors (Lipinski definition) is 1. The fourth-order valence-electron chi connectivity index (χ4n) is 1.50. The number of halogens is 2. The lowest BCUT2D eigenvalue weighted by molar-refractivity contribution is 0.415. The Hall–Kier alpha value is -1.52. The molecule has 0 radical (unpaired) electrons. The molecule has 0 atom stereocenters. The minimum absolute atomic E-state index is 0.0159. The fraction of sp³-hybridized carbons (Fsp3) is 0.0714. The summed E-state index contributed by atoms with van der Waals surface area (Å²) in [6.07, 6.45) is 1.56. The Bertz CT molecular complexity index is 612. The van der Waals surface area contributed by atoms with Crippen LogP contribution in [-0.2, 0) is 0 Å². The molecule has 0 bridgehead atoms. The first-order valence-electron chi connectivity index (χ1n) is 5.46. The van der Waals surface area contributed by atoms with Crippen LogP contribution in [0.2, 0.25) is 5.02 Å². The molecular formula is C14H11BrClNO2. The molecule has 98 valence electrons. The number of nitrogens with zero attached hydrogens (tertiary/aromatic N) is 1. The van der Waals surface area contributed by atoms with E-state index in [0.29, 0.717) is 5.56 Å². The third kappa shape index (κ3) is 3.49. The summed E-state index contributed by atoms with van der Waals surface area (Å²) in [5, 5.41) is 10.1. The highest BCUT2D eigenvalue weighted by molar-refractivity contribution is 9.10. The molecule has 2 aromatic rings. The molecule has 0 unspecified atom stereocenters. The maximum absolute atomic E-state index is 9.82. The summed E-state index contributed by atoms with van der Waals surface area (Å²) in [7, 11) is 1.61. The average molecular weight is 341 g/mol. The summed E-state index contributed by atoms with van der Waals surface area (Å²) < 4.78 is 5.85. The van der Waals surface area contributed by atoms with Gasteiger partial charge in [-0.15, -0.1) is 0 Å². The predicted octanol–water partition coefficient (Wildman–Crippen LogP) is 4.57. The third-order valence-corrected chi connectivity index (χ3v) is 3.23. The van der Waals surface area contributed by atoms with Crippen molar-refractivity contribution in [1.29, 1.82) is 0 Å². The van der Waals surface area contributed by atoms with Crippen LogP contribution in [0, 0.1) is 0 Å². The molecule has 0 fully saturated rings. The van der Waals surface area contributed by atoms with Crippen LogP contribution in [0.25, 0.3) is 0 Å². The quantitative estimate of drug-likeness (QED) is 0.832. The molecule has 0 aliphatic heterocycles. The highest BCUT2D eigenvalue weighted by atomic mass is 79.9. The van der Waals surface area contributed by atoms with Crippen LogP contribution in [0.5, 0.6) is 11.5 Å². The molecule has 0 aliphatic rings. The number of ether oxygens (including phenoxy) is 1. The lowest BCUT2D eigenvalue weighted by Gasteiger charge is -2.03. The molecule has 0 saturated heterocycles. The van der Waals surface area contributed by atoms with Crippen LogP contribution in [0.15, 0.2) is 45.9 Å². The number of phenols is 1. The number of benzene rings is 2. The maximum Gasteiger partial charge on any atom is 0.143 e. The number of phenolic OH excluding ortho intramolecular Hbond substituents is 1. The molecule has 0 aromatic heterocycles. The van der Waals surface area contributed by atoms with E-state index in [1.54, 1.807) is 25.5 Å². The Morgan fingerprint density at radius 3 is 2.58 bits per heavy atom. The highest BCUT2D eigenvalue weighted by Crippen LogP contribution is 2.30. The molecule has 1 N–H and O–H groups in total. The van der Waals surface area contributed by atoms with Gasteiger partial charge in [-0.25, -0.2) is 0 Å². The van der Waals surface area contributed by atoms with E-state index in [1.165, 1.54) is 0 Å². The van der Waals surface area contributed by atoms with Gasteiger partial charge < -0.3 is 9.84 Å². The number of aliphatic imine (C=N–C) groups is 1. The number of hydrogen-bond acceptors (Lipinski definition) is 3. The molecule has 0 aliphatic carbocycles. The fourth-order valence-corrected chi connectivity index (χ4v) is 2.33. The Labute approximate surface area is 124 Å². The summed E-state index contributed by atoms with van der Waals surface area (Å²) in [4.78, 5) is 4.27. The van der Waals surface area contributed by atoms with Crippen molar-refractivity contribution in [2.45, 2.75) is 0 Å². The van der Waals surface area contributed by atoms with Crippen molar-refractivity contribution in [2.75, 3.05) is 7.11 Å². The Morgan fingerprint density at radius 2 is 1.95 bits per heavy atom. The monoisotopic (exact) mass is 339 g/mol. The molecule has 19 heavy (non-hydrogen) atoms. The standard InChI is InChI=1S/C14H11BrClNO2/c1-19-12-4-2-11(3-5-12)17-8-9-6-10(15)7-13(16)14(9)18/h2-8,18H,1H3. The van der Waals surface area contributed by atoms with Gasteiger partial charge >= 0.3 is 0 Å². The zero-order chi connectivity index (χ0) is 13.8. The van der Waals surface area contributed by atoms with Crippen LogP contribution in [0.3, 0.4) is 0 Å². The minimum Gasteiger partial charge on any atom is -0.506 e. The van der Waals surface area contributed by atoms with Gasteiger partial charge in [-0.1, -0.05) is 27.5 Å². The second-order valence-electron chi connectivity index (χ2n) is 3.78. The van der Waals surface area contributed by atoms with Crippen molar-refractivity contribution < 1.29 is 9.84 Å². The first-order chi connectivity index (χ1) is 9.10. The predicted molar refractivity (Wildman–Crippen MR) is 81.1 cm³/mol. The van der Waals surface area contributed by atoms with Crippen molar-refractivity contribution in [1.82, 2.24) is 0 Å². The van der Waals surface area contributed by atoms with Gasteiger partial charge in [0.05, 0.1) is 17.8 Å². The molecule has 2 aromatic carbocycles. The maximum atomic E-state index is 9.82. The van der Waals surface area contributed by atoms with Gasteiger partial charge in [0.15, 0.2) is 0 Å². The normalized spacial score (nSPS) is 10.9. The second-order valence-corrected chi connectivity index (χ2v) is 5.10. The lowest BCUT2D eigenvalue weighted by atomic mass is 10.2. The van der Waals surface area contributed by atoms with E-state index in [9.17, 15) is 5.11 Å². The molecular weight excluding hydrogens is 330 g/mol. The molecule has 0 spiro atoms. The van der Waals surface area contributed by atoms with Gasteiger partial charge in [-0.2, -0.15) is 0 Å². The molecule has 0 saturated carbocycles. The Kier molecular flexibility index (Phi) is 4.45. The van der Waals surface area contributed by atoms with Crippen molar-refractivity contribution in [3.8, 4) is 11.5 Å². The zero-order valence-corrected chi connectivity index (χ0v) is 12.4. The molecule has 2 rings (SSSR count). The van der Waals surface area contributed by atoms with Crippen LogP contribution in [0.1, 0.15) is 5.56 Å². The Morgan fingerprint density at radius 1 is 1.26 bits per heavy atom. The van der Waals surface area contributed by atoms with Gasteiger partial charge in [0.1, 0.15) is 11.5 Å². The van der Waals surface area contributed by atoms with E-state index in [0.717, 1.165) is 15.9 Å². The molecule has 0 amide bonds.